The third-order valence-electron chi connectivity index (χ3n) is 6.98. The summed E-state index contributed by atoms with van der Waals surface area (Å²) in [6.07, 6.45) is 0.649. The van der Waals surface area contributed by atoms with Gasteiger partial charge in [0.15, 0.2) is 0 Å². The molecular weight excluding hydrogens is 432 g/mol. The van der Waals surface area contributed by atoms with Crippen LogP contribution in [0.3, 0.4) is 0 Å². The lowest BCUT2D eigenvalue weighted by Gasteiger charge is -2.31. The van der Waals surface area contributed by atoms with Gasteiger partial charge in [0.2, 0.25) is 0 Å². The Morgan fingerprint density at radius 1 is 1.18 bits per heavy atom. The lowest BCUT2D eigenvalue weighted by Crippen LogP contribution is -2.48. The van der Waals surface area contributed by atoms with Crippen molar-refractivity contribution in [3.05, 3.63) is 64.7 Å². The van der Waals surface area contributed by atoms with Gasteiger partial charge in [0, 0.05) is 23.8 Å². The van der Waals surface area contributed by atoms with Gasteiger partial charge >= 0.3 is 6.03 Å². The third-order valence-corrected chi connectivity index (χ3v) is 6.98. The zero-order valence-electron chi connectivity index (χ0n) is 20.0. The smallest absolute Gasteiger partial charge is 0.322 e. The second-order valence-electron chi connectivity index (χ2n) is 9.64. The average molecular weight is 465 g/mol. The molecule has 2 fully saturated rings. The van der Waals surface area contributed by atoms with E-state index in [-0.39, 0.29) is 30.5 Å². The van der Waals surface area contributed by atoms with Gasteiger partial charge in [-0.25, -0.2) is 4.79 Å². The van der Waals surface area contributed by atoms with Gasteiger partial charge < -0.3 is 20.6 Å². The lowest BCUT2D eigenvalue weighted by molar-refractivity contribution is -0.125. The number of rotatable bonds is 6. The Morgan fingerprint density at radius 3 is 2.44 bits per heavy atom. The highest BCUT2D eigenvalue weighted by Gasteiger charge is 2.50. The lowest BCUT2D eigenvalue weighted by atomic mass is 9.79. The van der Waals surface area contributed by atoms with E-state index in [0.29, 0.717) is 24.1 Å². The second-order valence-corrected chi connectivity index (χ2v) is 9.64. The number of hydrogen-bond donors (Lipinski definition) is 4. The molecule has 2 saturated heterocycles. The van der Waals surface area contributed by atoms with Crippen LogP contribution in [0.5, 0.6) is 0 Å². The molecule has 2 heterocycles. The zero-order chi connectivity index (χ0) is 24.6. The minimum absolute atomic E-state index is 0.0309. The molecule has 2 aromatic rings. The quantitative estimate of drug-likeness (QED) is 0.492. The Labute approximate surface area is 199 Å². The fourth-order valence-corrected chi connectivity index (χ4v) is 5.09. The van der Waals surface area contributed by atoms with Gasteiger partial charge in [0.25, 0.3) is 11.8 Å². The van der Waals surface area contributed by atoms with Crippen LogP contribution in [0, 0.1) is 19.8 Å². The van der Waals surface area contributed by atoms with Gasteiger partial charge in [0.1, 0.15) is 5.54 Å². The van der Waals surface area contributed by atoms with Crippen molar-refractivity contribution in [3.63, 3.8) is 0 Å². The summed E-state index contributed by atoms with van der Waals surface area (Å²) in [4.78, 5) is 39.4. The maximum atomic E-state index is 13.3. The van der Waals surface area contributed by atoms with Crippen LogP contribution in [0.2, 0.25) is 0 Å². The number of nitrogens with zero attached hydrogens (tertiary/aromatic N) is 1. The van der Waals surface area contributed by atoms with E-state index >= 15 is 0 Å². The number of benzene rings is 2. The molecule has 4 rings (SSSR count). The number of nitrogens with one attached hydrogen (secondary N) is 3. The molecule has 180 valence electrons. The Hall–Kier alpha value is -3.39. The Morgan fingerprint density at radius 2 is 1.88 bits per heavy atom. The van der Waals surface area contributed by atoms with E-state index in [4.69, 9.17) is 0 Å². The summed E-state index contributed by atoms with van der Waals surface area (Å²) in [5.41, 5.74) is 3.29. The van der Waals surface area contributed by atoms with E-state index in [1.54, 1.807) is 29.2 Å². The predicted octanol–water partition coefficient (Wildman–Crippen LogP) is 2.68. The SMILES string of the molecule is Cc1ccc(N[C@H]2C[C@@H](CO)N(C(=O)c3ccc([C@@]4(C(C)C)NC(=O)NC4=O)cc3)C2)c(C)c1. The van der Waals surface area contributed by atoms with Crippen LogP contribution in [-0.4, -0.2) is 53.1 Å². The number of urea groups is 1. The number of aryl methyl sites for hydroxylation is 2. The molecular formula is C26H32N4O4. The molecule has 8 nitrogen and oxygen atoms in total. The van der Waals surface area contributed by atoms with Crippen molar-refractivity contribution in [2.24, 2.45) is 5.92 Å². The first kappa shape index (κ1) is 23.8. The van der Waals surface area contributed by atoms with E-state index < -0.39 is 17.5 Å². The highest BCUT2D eigenvalue weighted by molar-refractivity contribution is 6.07. The van der Waals surface area contributed by atoms with Crippen molar-refractivity contribution in [3.8, 4) is 0 Å². The number of anilines is 1. The Kier molecular flexibility index (Phi) is 6.36. The van der Waals surface area contributed by atoms with Crippen LogP contribution in [-0.2, 0) is 10.3 Å². The van der Waals surface area contributed by atoms with Crippen molar-refractivity contribution < 1.29 is 19.5 Å². The third kappa shape index (κ3) is 4.14. The van der Waals surface area contributed by atoms with Crippen LogP contribution < -0.4 is 16.0 Å². The van der Waals surface area contributed by atoms with Crippen LogP contribution in [0.4, 0.5) is 10.5 Å². The molecule has 8 heteroatoms. The molecule has 2 aliphatic rings. The van der Waals surface area contributed by atoms with Crippen LogP contribution in [0.1, 0.15) is 47.3 Å². The Bertz CT molecular complexity index is 1110. The number of amides is 4. The van der Waals surface area contributed by atoms with Gasteiger partial charge in [-0.3, -0.25) is 14.9 Å². The topological polar surface area (TPSA) is 111 Å². The summed E-state index contributed by atoms with van der Waals surface area (Å²) < 4.78 is 0. The molecule has 0 radical (unpaired) electrons. The summed E-state index contributed by atoms with van der Waals surface area (Å²) in [6, 6.07) is 12.2. The van der Waals surface area contributed by atoms with Crippen molar-refractivity contribution in [1.29, 1.82) is 0 Å². The fraction of sp³-hybridized carbons (Fsp3) is 0.423. The Balaban J connectivity index is 1.52. The van der Waals surface area contributed by atoms with Crippen molar-refractivity contribution in [1.82, 2.24) is 15.5 Å². The minimum Gasteiger partial charge on any atom is -0.394 e. The van der Waals surface area contributed by atoms with Gasteiger partial charge in [-0.05, 0) is 55.5 Å². The monoisotopic (exact) mass is 464 g/mol. The summed E-state index contributed by atoms with van der Waals surface area (Å²) in [5, 5.41) is 18.5. The van der Waals surface area contributed by atoms with Gasteiger partial charge in [-0.2, -0.15) is 0 Å². The molecule has 0 spiro atoms. The van der Waals surface area contributed by atoms with Gasteiger partial charge in [0.05, 0.1) is 12.6 Å². The van der Waals surface area contributed by atoms with E-state index in [0.717, 1.165) is 11.3 Å². The molecule has 0 saturated carbocycles. The number of hydrogen-bond acceptors (Lipinski definition) is 5. The summed E-state index contributed by atoms with van der Waals surface area (Å²) in [5.74, 6) is -0.754. The number of likely N-dealkylation sites (tertiary alicyclic amines) is 1. The normalized spacial score (nSPS) is 24.4. The average Bonchev–Trinajstić information content (AvgIpc) is 3.35. The number of aliphatic hydroxyl groups is 1. The first-order chi connectivity index (χ1) is 16.1. The van der Waals surface area contributed by atoms with Crippen LogP contribution in [0.15, 0.2) is 42.5 Å². The van der Waals surface area contributed by atoms with Crippen molar-refractivity contribution in [2.75, 3.05) is 18.5 Å². The molecule has 0 aliphatic carbocycles. The minimum atomic E-state index is -1.17. The molecule has 0 bridgehead atoms. The van der Waals surface area contributed by atoms with E-state index in [2.05, 4.69) is 41.9 Å². The summed E-state index contributed by atoms with van der Waals surface area (Å²) in [7, 11) is 0. The number of imide groups is 1. The number of carbonyl (C=O) groups excluding carboxylic acids is 3. The molecule has 4 amide bonds. The first-order valence-corrected chi connectivity index (χ1v) is 11.7. The molecule has 34 heavy (non-hydrogen) atoms. The van der Waals surface area contributed by atoms with Gasteiger partial charge in [-0.15, -0.1) is 0 Å². The van der Waals surface area contributed by atoms with Crippen molar-refractivity contribution in [2.45, 2.75) is 51.7 Å². The summed E-state index contributed by atoms with van der Waals surface area (Å²) >= 11 is 0. The molecule has 3 atom stereocenters. The molecule has 2 aliphatic heterocycles. The molecule has 0 aromatic heterocycles. The number of carbonyl (C=O) groups is 3. The van der Waals surface area contributed by atoms with Crippen molar-refractivity contribution >= 4 is 23.5 Å². The predicted molar refractivity (Wildman–Crippen MR) is 129 cm³/mol. The maximum Gasteiger partial charge on any atom is 0.322 e. The van der Waals surface area contributed by atoms with Gasteiger partial charge in [-0.1, -0.05) is 43.7 Å². The van der Waals surface area contributed by atoms with Crippen LogP contribution in [0.25, 0.3) is 0 Å². The zero-order valence-corrected chi connectivity index (χ0v) is 20.0. The first-order valence-electron chi connectivity index (χ1n) is 11.7. The largest absolute Gasteiger partial charge is 0.394 e. The van der Waals surface area contributed by atoms with E-state index in [1.807, 2.05) is 19.9 Å². The summed E-state index contributed by atoms with van der Waals surface area (Å²) in [6.45, 7) is 8.20. The second kappa shape index (κ2) is 9.10. The van der Waals surface area contributed by atoms with E-state index in [9.17, 15) is 19.5 Å². The maximum absolute atomic E-state index is 13.3. The molecule has 4 N–H and O–H groups in total. The highest BCUT2D eigenvalue weighted by atomic mass is 16.3. The standard InChI is InChI=1S/C26H32N4O4/c1-15(2)26(24(33)28-25(34)29-26)19-8-6-18(7-9-19)23(32)30-13-20(12-21(30)14-31)27-22-10-5-16(3)11-17(22)4/h5-11,15,20-21,27,31H,12-14H2,1-4H3,(H2,28,29,33,34)/t20-,21-,26+/m0/s1. The fourth-order valence-electron chi connectivity index (χ4n) is 5.09. The highest BCUT2D eigenvalue weighted by Crippen LogP contribution is 2.33. The van der Waals surface area contributed by atoms with Crippen LogP contribution >= 0.6 is 0 Å². The number of aliphatic hydroxyl groups excluding tert-OH is 1. The molecule has 0 unspecified atom stereocenters. The molecule has 2 aromatic carbocycles. The van der Waals surface area contributed by atoms with E-state index in [1.165, 1.54) is 5.56 Å².